The fraction of sp³-hybridized carbons (Fsp3) is 0.333. The molecule has 0 aliphatic rings. The van der Waals surface area contributed by atoms with Crippen LogP contribution in [0.15, 0.2) is 24.5 Å². The molecule has 0 fully saturated rings. The molecule has 0 radical (unpaired) electrons. The van der Waals surface area contributed by atoms with Crippen LogP contribution in [0.2, 0.25) is 0 Å². The first-order chi connectivity index (χ1) is 6.77. The molecule has 0 amide bonds. The summed E-state index contributed by atoms with van der Waals surface area (Å²) in [4.78, 5) is 8.49. The second-order valence-corrected chi connectivity index (χ2v) is 2.98. The molecule has 2 aromatic heterocycles. The third kappa shape index (κ3) is 2.08. The largest absolute Gasteiger partial charge is 0.259 e. The van der Waals surface area contributed by atoms with Crippen LogP contribution in [0, 0.1) is 13.8 Å². The minimum Gasteiger partial charge on any atom is -0.259 e. The minimum atomic E-state index is 0.993. The molecule has 0 bridgehead atoms. The van der Waals surface area contributed by atoms with E-state index >= 15 is 0 Å². The van der Waals surface area contributed by atoms with Gasteiger partial charge in [0.25, 0.3) is 0 Å². The maximum absolute atomic E-state index is 4.32. The van der Waals surface area contributed by atoms with Crippen molar-refractivity contribution in [2.45, 2.75) is 27.7 Å². The summed E-state index contributed by atoms with van der Waals surface area (Å²) in [6.07, 6.45) is 3.69. The van der Waals surface area contributed by atoms with E-state index in [2.05, 4.69) is 16.0 Å². The molecule has 0 unspecified atom stereocenters. The summed E-state index contributed by atoms with van der Waals surface area (Å²) < 4.78 is 0. The van der Waals surface area contributed by atoms with E-state index in [9.17, 15) is 0 Å². The molecule has 0 aliphatic heterocycles. The van der Waals surface area contributed by atoms with Crippen molar-refractivity contribution in [3.05, 3.63) is 35.8 Å². The lowest BCUT2D eigenvalue weighted by atomic mass is 10.2. The van der Waals surface area contributed by atoms with Crippen LogP contribution in [0.4, 0.5) is 0 Å². The Hall–Kier alpha value is -1.44. The molecule has 0 spiro atoms. The van der Waals surface area contributed by atoms with Gasteiger partial charge in [0.05, 0.1) is 11.2 Å². The van der Waals surface area contributed by atoms with Gasteiger partial charge in [-0.3, -0.25) is 9.97 Å². The van der Waals surface area contributed by atoms with Crippen molar-refractivity contribution in [3.63, 3.8) is 0 Å². The topological polar surface area (TPSA) is 25.8 Å². The number of rotatable bonds is 0. The first-order valence-corrected chi connectivity index (χ1v) is 4.95. The Kier molecular flexibility index (Phi) is 3.57. The van der Waals surface area contributed by atoms with Gasteiger partial charge in [0.15, 0.2) is 0 Å². The first-order valence-electron chi connectivity index (χ1n) is 4.95. The van der Waals surface area contributed by atoms with E-state index in [1.54, 1.807) is 0 Å². The molecular weight excluding hydrogens is 172 g/mol. The molecule has 0 aromatic carbocycles. The number of aryl methyl sites for hydroxylation is 2. The molecule has 14 heavy (non-hydrogen) atoms. The van der Waals surface area contributed by atoms with Crippen molar-refractivity contribution in [2.75, 3.05) is 0 Å². The first kappa shape index (κ1) is 10.6. The van der Waals surface area contributed by atoms with Gasteiger partial charge in [-0.2, -0.15) is 0 Å². The van der Waals surface area contributed by atoms with Gasteiger partial charge in [0.2, 0.25) is 0 Å². The Bertz CT molecular complexity index is 422. The highest BCUT2D eigenvalue weighted by molar-refractivity contribution is 5.80. The fourth-order valence-corrected chi connectivity index (χ4v) is 1.31. The Balaban J connectivity index is 0.000000461. The molecule has 0 saturated carbocycles. The van der Waals surface area contributed by atoms with Crippen molar-refractivity contribution in [1.29, 1.82) is 0 Å². The quantitative estimate of drug-likeness (QED) is 0.634. The third-order valence-electron chi connectivity index (χ3n) is 1.92. The number of nitrogens with zero attached hydrogens (tertiary/aromatic N) is 2. The van der Waals surface area contributed by atoms with Crippen LogP contribution in [0.1, 0.15) is 25.1 Å². The molecule has 2 aromatic rings. The Morgan fingerprint density at radius 1 is 1.07 bits per heavy atom. The SMILES string of the molecule is CC.Cc1cnc2c(C)nccc2c1. The highest BCUT2D eigenvalue weighted by Crippen LogP contribution is 2.13. The van der Waals surface area contributed by atoms with Crippen LogP contribution in [-0.2, 0) is 0 Å². The van der Waals surface area contributed by atoms with Crippen LogP contribution in [0.3, 0.4) is 0 Å². The highest BCUT2D eigenvalue weighted by Gasteiger charge is 1.97. The Morgan fingerprint density at radius 2 is 1.79 bits per heavy atom. The average molecular weight is 188 g/mol. The summed E-state index contributed by atoms with van der Waals surface area (Å²) in [7, 11) is 0. The van der Waals surface area contributed by atoms with Crippen molar-refractivity contribution in [1.82, 2.24) is 9.97 Å². The van der Waals surface area contributed by atoms with Crippen molar-refractivity contribution >= 4 is 10.9 Å². The van der Waals surface area contributed by atoms with E-state index in [4.69, 9.17) is 0 Å². The molecule has 2 nitrogen and oxygen atoms in total. The molecule has 74 valence electrons. The molecule has 0 saturated heterocycles. The number of hydrogen-bond acceptors (Lipinski definition) is 2. The van der Waals surface area contributed by atoms with Crippen LogP contribution < -0.4 is 0 Å². The van der Waals surface area contributed by atoms with E-state index < -0.39 is 0 Å². The molecule has 0 aliphatic carbocycles. The second kappa shape index (κ2) is 4.70. The zero-order valence-electron chi connectivity index (χ0n) is 9.20. The summed E-state index contributed by atoms with van der Waals surface area (Å²) in [5.41, 5.74) is 3.18. The zero-order chi connectivity index (χ0) is 10.6. The smallest absolute Gasteiger partial charge is 0.0914 e. The summed E-state index contributed by atoms with van der Waals surface area (Å²) in [5, 5.41) is 1.17. The van der Waals surface area contributed by atoms with Crippen LogP contribution in [0.5, 0.6) is 0 Å². The molecule has 2 heterocycles. The molecule has 2 heteroatoms. The zero-order valence-corrected chi connectivity index (χ0v) is 9.20. The van der Waals surface area contributed by atoms with E-state index in [1.807, 2.05) is 46.2 Å². The molecule has 0 N–H and O–H groups in total. The highest BCUT2D eigenvalue weighted by atomic mass is 14.7. The van der Waals surface area contributed by atoms with Gasteiger partial charge in [0, 0.05) is 17.8 Å². The predicted octanol–water partition coefficient (Wildman–Crippen LogP) is 3.27. The normalized spacial score (nSPS) is 9.43. The number of aromatic nitrogens is 2. The maximum Gasteiger partial charge on any atom is 0.0914 e. The summed E-state index contributed by atoms with van der Waals surface area (Å²) in [6.45, 7) is 8.02. The van der Waals surface area contributed by atoms with Gasteiger partial charge in [-0.05, 0) is 31.5 Å². The summed E-state index contributed by atoms with van der Waals surface area (Å²) in [6, 6.07) is 4.11. The predicted molar refractivity (Wildman–Crippen MR) is 60.4 cm³/mol. The van der Waals surface area contributed by atoms with Gasteiger partial charge in [-0.15, -0.1) is 0 Å². The third-order valence-corrected chi connectivity index (χ3v) is 1.92. The molecule has 2 rings (SSSR count). The van der Waals surface area contributed by atoms with Crippen LogP contribution in [0.25, 0.3) is 10.9 Å². The number of pyridine rings is 2. The molecular formula is C12H16N2. The van der Waals surface area contributed by atoms with Gasteiger partial charge in [0.1, 0.15) is 0 Å². The van der Waals surface area contributed by atoms with E-state index in [0.717, 1.165) is 11.2 Å². The van der Waals surface area contributed by atoms with Gasteiger partial charge < -0.3 is 0 Å². The van der Waals surface area contributed by atoms with Gasteiger partial charge in [-0.25, -0.2) is 0 Å². The van der Waals surface area contributed by atoms with Crippen molar-refractivity contribution in [3.8, 4) is 0 Å². The van der Waals surface area contributed by atoms with Crippen molar-refractivity contribution in [2.24, 2.45) is 0 Å². The van der Waals surface area contributed by atoms with E-state index in [1.165, 1.54) is 10.9 Å². The van der Waals surface area contributed by atoms with Gasteiger partial charge >= 0.3 is 0 Å². The lowest BCUT2D eigenvalue weighted by Gasteiger charge is -1.99. The standard InChI is InChI=1S/C10H10N2.C2H6/c1-7-5-9-3-4-11-8(2)10(9)12-6-7;1-2/h3-6H,1-2H3;1-2H3. The number of fused-ring (bicyclic) bond motifs is 1. The lowest BCUT2D eigenvalue weighted by molar-refractivity contribution is 1.20. The minimum absolute atomic E-state index is 0.993. The maximum atomic E-state index is 4.32. The Labute approximate surface area is 85.0 Å². The summed E-state index contributed by atoms with van der Waals surface area (Å²) >= 11 is 0. The monoisotopic (exact) mass is 188 g/mol. The average Bonchev–Trinajstić information content (AvgIpc) is 2.21. The second-order valence-electron chi connectivity index (χ2n) is 2.98. The van der Waals surface area contributed by atoms with E-state index in [0.29, 0.717) is 0 Å². The van der Waals surface area contributed by atoms with Crippen LogP contribution >= 0.6 is 0 Å². The summed E-state index contributed by atoms with van der Waals surface area (Å²) in [5.74, 6) is 0. The van der Waals surface area contributed by atoms with Gasteiger partial charge in [-0.1, -0.05) is 13.8 Å². The van der Waals surface area contributed by atoms with E-state index in [-0.39, 0.29) is 0 Å². The fourth-order valence-electron chi connectivity index (χ4n) is 1.31. The van der Waals surface area contributed by atoms with Crippen LogP contribution in [-0.4, -0.2) is 9.97 Å². The Morgan fingerprint density at radius 3 is 2.50 bits per heavy atom. The number of hydrogen-bond donors (Lipinski definition) is 0. The lowest BCUT2D eigenvalue weighted by Crippen LogP contribution is -1.87. The molecule has 0 atom stereocenters. The van der Waals surface area contributed by atoms with Crippen molar-refractivity contribution < 1.29 is 0 Å².